The van der Waals surface area contributed by atoms with Crippen LogP contribution in [0, 0.1) is 5.92 Å². The summed E-state index contributed by atoms with van der Waals surface area (Å²) in [5, 5.41) is 11.2. The molecule has 1 fully saturated rings. The van der Waals surface area contributed by atoms with Gasteiger partial charge in [0.15, 0.2) is 9.84 Å². The van der Waals surface area contributed by atoms with Crippen LogP contribution in [0.25, 0.3) is 0 Å². The molecule has 1 aliphatic rings. The molecule has 1 atom stereocenters. The number of carboxylic acid groups (broad SMARTS) is 1. The zero-order valence-electron chi connectivity index (χ0n) is 11.0. The Balaban J connectivity index is 2.35. The van der Waals surface area contributed by atoms with Gasteiger partial charge >= 0.3 is 12.0 Å². The van der Waals surface area contributed by atoms with Gasteiger partial charge in [0, 0.05) is 19.6 Å². The first-order chi connectivity index (χ1) is 8.84. The Morgan fingerprint density at radius 3 is 2.58 bits per heavy atom. The van der Waals surface area contributed by atoms with Gasteiger partial charge in [0.1, 0.15) is 0 Å². The quantitative estimate of drug-likeness (QED) is 0.713. The van der Waals surface area contributed by atoms with Gasteiger partial charge in [0.25, 0.3) is 0 Å². The van der Waals surface area contributed by atoms with E-state index in [1.165, 1.54) is 4.90 Å². The van der Waals surface area contributed by atoms with Crippen LogP contribution in [-0.4, -0.2) is 61.6 Å². The first-order valence-electron chi connectivity index (χ1n) is 6.29. The maximum absolute atomic E-state index is 11.8. The van der Waals surface area contributed by atoms with E-state index in [0.29, 0.717) is 19.5 Å². The number of nitrogens with zero attached hydrogens (tertiary/aromatic N) is 1. The summed E-state index contributed by atoms with van der Waals surface area (Å²) in [6, 6.07) is -0.340. The number of carbonyl (C=O) groups excluding carboxylic acids is 1. The number of amides is 2. The molecule has 0 spiro atoms. The third-order valence-corrected chi connectivity index (χ3v) is 4.97. The van der Waals surface area contributed by atoms with E-state index in [4.69, 9.17) is 5.11 Å². The van der Waals surface area contributed by atoms with Crippen LogP contribution >= 0.6 is 0 Å². The fraction of sp³-hybridized carbons (Fsp3) is 0.818. The van der Waals surface area contributed by atoms with E-state index in [-0.39, 0.29) is 36.4 Å². The van der Waals surface area contributed by atoms with Gasteiger partial charge in [-0.05, 0) is 19.3 Å². The van der Waals surface area contributed by atoms with Crippen molar-refractivity contribution in [3.63, 3.8) is 0 Å². The van der Waals surface area contributed by atoms with E-state index in [1.807, 2.05) is 0 Å². The van der Waals surface area contributed by atoms with Crippen molar-refractivity contribution in [1.29, 1.82) is 0 Å². The number of hydrogen-bond acceptors (Lipinski definition) is 4. The highest BCUT2D eigenvalue weighted by Crippen LogP contribution is 2.17. The normalized spacial score (nSPS) is 21.0. The monoisotopic (exact) mass is 292 g/mol. The molecule has 0 radical (unpaired) electrons. The van der Waals surface area contributed by atoms with E-state index in [9.17, 15) is 18.0 Å². The van der Waals surface area contributed by atoms with Gasteiger partial charge in [0.05, 0.1) is 17.9 Å². The molecule has 8 heteroatoms. The number of carbonyl (C=O) groups is 2. The lowest BCUT2D eigenvalue weighted by molar-refractivity contribution is -0.137. The maximum atomic E-state index is 11.8. The summed E-state index contributed by atoms with van der Waals surface area (Å²) in [7, 11) is -2.93. The van der Waals surface area contributed by atoms with Crippen LogP contribution in [0.1, 0.15) is 19.8 Å². The average Bonchev–Trinajstić information content (AvgIpc) is 2.66. The molecule has 0 saturated carbocycles. The summed E-state index contributed by atoms with van der Waals surface area (Å²) >= 11 is 0. The van der Waals surface area contributed by atoms with Gasteiger partial charge in [-0.15, -0.1) is 0 Å². The Morgan fingerprint density at radius 1 is 1.42 bits per heavy atom. The van der Waals surface area contributed by atoms with Crippen LogP contribution in [0.4, 0.5) is 4.79 Å². The SMILES string of the molecule is CCN(CCC(=O)O)C(=O)NCC1CCS(=O)(=O)C1. The van der Waals surface area contributed by atoms with Crippen LogP contribution in [0.15, 0.2) is 0 Å². The van der Waals surface area contributed by atoms with Gasteiger partial charge in [-0.2, -0.15) is 0 Å². The van der Waals surface area contributed by atoms with Crippen molar-refractivity contribution in [3.05, 3.63) is 0 Å². The summed E-state index contributed by atoms with van der Waals surface area (Å²) in [5.41, 5.74) is 0. The van der Waals surface area contributed by atoms with Crippen molar-refractivity contribution < 1.29 is 23.1 Å². The van der Waals surface area contributed by atoms with E-state index >= 15 is 0 Å². The second-order valence-electron chi connectivity index (χ2n) is 4.68. The molecule has 2 N–H and O–H groups in total. The molecule has 1 unspecified atom stereocenters. The second kappa shape index (κ2) is 6.74. The van der Waals surface area contributed by atoms with Gasteiger partial charge in [-0.3, -0.25) is 4.79 Å². The Morgan fingerprint density at radius 2 is 2.11 bits per heavy atom. The standard InChI is InChI=1S/C11H20N2O5S/c1-2-13(5-3-10(14)15)11(16)12-7-9-4-6-19(17,18)8-9/h9H,2-8H2,1H3,(H,12,16)(H,14,15). The maximum Gasteiger partial charge on any atom is 0.317 e. The van der Waals surface area contributed by atoms with Gasteiger partial charge < -0.3 is 15.3 Å². The van der Waals surface area contributed by atoms with Crippen molar-refractivity contribution in [2.75, 3.05) is 31.1 Å². The summed E-state index contributed by atoms with van der Waals surface area (Å²) in [4.78, 5) is 23.6. The highest BCUT2D eigenvalue weighted by Gasteiger charge is 2.28. The van der Waals surface area contributed by atoms with Crippen LogP contribution < -0.4 is 5.32 Å². The molecule has 19 heavy (non-hydrogen) atoms. The second-order valence-corrected chi connectivity index (χ2v) is 6.91. The van der Waals surface area contributed by atoms with Crippen LogP contribution in [0.3, 0.4) is 0 Å². The molecular weight excluding hydrogens is 272 g/mol. The van der Waals surface area contributed by atoms with Crippen molar-refractivity contribution >= 4 is 21.8 Å². The summed E-state index contributed by atoms with van der Waals surface area (Å²) in [5.74, 6) is -0.682. The van der Waals surface area contributed by atoms with Crippen molar-refractivity contribution in [3.8, 4) is 0 Å². The zero-order chi connectivity index (χ0) is 14.5. The fourth-order valence-corrected chi connectivity index (χ4v) is 3.87. The van der Waals surface area contributed by atoms with E-state index in [2.05, 4.69) is 5.32 Å². The largest absolute Gasteiger partial charge is 0.481 e. The topological polar surface area (TPSA) is 104 Å². The Bertz CT molecular complexity index is 434. The molecule has 1 rings (SSSR count). The minimum absolute atomic E-state index is 0.0351. The van der Waals surface area contributed by atoms with Crippen molar-refractivity contribution in [2.45, 2.75) is 19.8 Å². The highest BCUT2D eigenvalue weighted by atomic mass is 32.2. The van der Waals surface area contributed by atoms with E-state index in [0.717, 1.165) is 0 Å². The Labute approximate surface area is 112 Å². The molecule has 1 saturated heterocycles. The van der Waals surface area contributed by atoms with E-state index in [1.54, 1.807) is 6.92 Å². The first-order valence-corrected chi connectivity index (χ1v) is 8.11. The zero-order valence-corrected chi connectivity index (χ0v) is 11.8. The molecule has 2 amide bonds. The predicted molar refractivity (Wildman–Crippen MR) is 69.7 cm³/mol. The van der Waals surface area contributed by atoms with Crippen molar-refractivity contribution in [1.82, 2.24) is 10.2 Å². The fourth-order valence-electron chi connectivity index (χ4n) is 2.01. The highest BCUT2D eigenvalue weighted by molar-refractivity contribution is 7.91. The number of aliphatic carboxylic acids is 1. The predicted octanol–water partition coefficient (Wildman–Crippen LogP) is -0.0727. The van der Waals surface area contributed by atoms with E-state index < -0.39 is 15.8 Å². The van der Waals surface area contributed by atoms with Gasteiger partial charge in [-0.25, -0.2) is 13.2 Å². The first kappa shape index (κ1) is 15.7. The Kier molecular flexibility index (Phi) is 5.59. The Hall–Kier alpha value is -1.31. The molecular formula is C11H20N2O5S. The molecule has 0 aliphatic carbocycles. The number of sulfone groups is 1. The lowest BCUT2D eigenvalue weighted by Crippen LogP contribution is -2.42. The number of nitrogens with one attached hydrogen (secondary N) is 1. The molecule has 110 valence electrons. The number of urea groups is 1. The minimum Gasteiger partial charge on any atom is -0.481 e. The molecule has 0 bridgehead atoms. The molecule has 1 heterocycles. The average molecular weight is 292 g/mol. The summed E-state index contributed by atoms with van der Waals surface area (Å²) in [6.07, 6.45) is 0.475. The number of hydrogen-bond donors (Lipinski definition) is 2. The molecule has 1 aliphatic heterocycles. The molecule has 7 nitrogen and oxygen atoms in total. The molecule has 0 aromatic carbocycles. The van der Waals surface area contributed by atoms with Crippen molar-refractivity contribution in [2.24, 2.45) is 5.92 Å². The summed E-state index contributed by atoms with van der Waals surface area (Å²) in [6.45, 7) is 2.66. The van der Waals surface area contributed by atoms with Crippen LogP contribution in [-0.2, 0) is 14.6 Å². The van der Waals surface area contributed by atoms with Crippen LogP contribution in [0.5, 0.6) is 0 Å². The third kappa shape index (κ3) is 5.46. The van der Waals surface area contributed by atoms with Crippen LogP contribution in [0.2, 0.25) is 0 Å². The lowest BCUT2D eigenvalue weighted by atomic mass is 10.1. The minimum atomic E-state index is -2.93. The van der Waals surface area contributed by atoms with Gasteiger partial charge in [0.2, 0.25) is 0 Å². The third-order valence-electron chi connectivity index (χ3n) is 3.13. The molecule has 0 aromatic rings. The number of rotatable bonds is 6. The van der Waals surface area contributed by atoms with Gasteiger partial charge in [-0.1, -0.05) is 0 Å². The summed E-state index contributed by atoms with van der Waals surface area (Å²) < 4.78 is 22.5. The molecule has 0 aromatic heterocycles. The number of carboxylic acids is 1. The lowest BCUT2D eigenvalue weighted by Gasteiger charge is -2.21. The smallest absolute Gasteiger partial charge is 0.317 e.